The van der Waals surface area contributed by atoms with Crippen molar-refractivity contribution in [2.75, 3.05) is 0 Å². The minimum atomic E-state index is -4.52. The Morgan fingerprint density at radius 2 is 1.79 bits per heavy atom. The number of halogens is 3. The standard InChI is InChI=1S/C24H30F3NO/c1-6-7-8-9-17-10-11-21(28-13-17)23-18(15(2)3)12-20(24(25,26)27)19(14-29)22(23)16(4)5/h8-13,15-16,29H,6-7,14H2,1-5H3/b9-8+. The molecule has 0 aliphatic carbocycles. The number of alkyl halides is 3. The van der Waals surface area contributed by atoms with Gasteiger partial charge in [0.15, 0.2) is 0 Å². The van der Waals surface area contributed by atoms with E-state index in [4.69, 9.17) is 0 Å². The normalized spacial score (nSPS) is 12.5. The molecule has 0 aliphatic heterocycles. The van der Waals surface area contributed by atoms with Crippen molar-refractivity contribution in [1.29, 1.82) is 0 Å². The summed E-state index contributed by atoms with van der Waals surface area (Å²) in [6.07, 6.45) is 3.34. The second-order valence-corrected chi connectivity index (χ2v) is 7.91. The molecule has 0 amide bonds. The number of benzene rings is 1. The number of nitrogens with zero attached hydrogens (tertiary/aromatic N) is 1. The van der Waals surface area contributed by atoms with Crippen molar-refractivity contribution in [2.24, 2.45) is 0 Å². The van der Waals surface area contributed by atoms with Crippen LogP contribution >= 0.6 is 0 Å². The quantitative estimate of drug-likeness (QED) is 0.523. The number of allylic oxidation sites excluding steroid dienone is 1. The molecule has 1 aromatic heterocycles. The van der Waals surface area contributed by atoms with Crippen molar-refractivity contribution < 1.29 is 18.3 Å². The fraction of sp³-hybridized carbons (Fsp3) is 0.458. The number of rotatable bonds is 7. The topological polar surface area (TPSA) is 33.1 Å². The molecule has 0 saturated heterocycles. The first kappa shape index (κ1) is 23.1. The van der Waals surface area contributed by atoms with Crippen LogP contribution in [0, 0.1) is 0 Å². The van der Waals surface area contributed by atoms with Gasteiger partial charge in [0, 0.05) is 11.8 Å². The summed E-state index contributed by atoms with van der Waals surface area (Å²) in [7, 11) is 0. The average molecular weight is 406 g/mol. The molecule has 1 N–H and O–H groups in total. The van der Waals surface area contributed by atoms with Crippen molar-refractivity contribution in [2.45, 2.75) is 72.1 Å². The molecule has 0 saturated carbocycles. The van der Waals surface area contributed by atoms with E-state index in [9.17, 15) is 18.3 Å². The van der Waals surface area contributed by atoms with Gasteiger partial charge in [0.25, 0.3) is 0 Å². The van der Waals surface area contributed by atoms with Crippen LogP contribution in [0.1, 0.15) is 87.1 Å². The zero-order valence-electron chi connectivity index (χ0n) is 17.8. The van der Waals surface area contributed by atoms with Crippen LogP contribution in [0.3, 0.4) is 0 Å². The van der Waals surface area contributed by atoms with E-state index >= 15 is 0 Å². The number of unbranched alkanes of at least 4 members (excludes halogenated alkanes) is 1. The highest BCUT2D eigenvalue weighted by molar-refractivity contribution is 5.73. The van der Waals surface area contributed by atoms with Crippen LogP contribution in [-0.2, 0) is 12.8 Å². The van der Waals surface area contributed by atoms with E-state index in [1.54, 1.807) is 6.20 Å². The van der Waals surface area contributed by atoms with E-state index < -0.39 is 18.3 Å². The summed E-state index contributed by atoms with van der Waals surface area (Å²) in [5, 5.41) is 9.85. The first-order valence-corrected chi connectivity index (χ1v) is 10.1. The summed E-state index contributed by atoms with van der Waals surface area (Å²) in [4.78, 5) is 4.57. The fourth-order valence-electron chi connectivity index (χ4n) is 3.61. The van der Waals surface area contributed by atoms with Gasteiger partial charge in [-0.15, -0.1) is 0 Å². The van der Waals surface area contributed by atoms with Gasteiger partial charge < -0.3 is 5.11 Å². The van der Waals surface area contributed by atoms with Crippen molar-refractivity contribution in [3.8, 4) is 11.3 Å². The van der Waals surface area contributed by atoms with E-state index in [1.807, 2.05) is 45.9 Å². The van der Waals surface area contributed by atoms with Gasteiger partial charge in [-0.1, -0.05) is 59.3 Å². The van der Waals surface area contributed by atoms with Crippen LogP contribution in [0.4, 0.5) is 13.2 Å². The Morgan fingerprint density at radius 3 is 2.24 bits per heavy atom. The van der Waals surface area contributed by atoms with Gasteiger partial charge in [0.2, 0.25) is 0 Å². The van der Waals surface area contributed by atoms with Gasteiger partial charge in [0.1, 0.15) is 0 Å². The zero-order valence-corrected chi connectivity index (χ0v) is 17.8. The molecule has 0 atom stereocenters. The SMILES string of the molecule is CCC/C=C/c1ccc(-c2c(C(C)C)cc(C(F)(F)F)c(CO)c2C(C)C)nc1. The Hall–Kier alpha value is -2.14. The predicted octanol–water partition coefficient (Wildman–Crippen LogP) is 7.32. The molecule has 0 bridgehead atoms. The minimum Gasteiger partial charge on any atom is -0.392 e. The molecule has 1 heterocycles. The van der Waals surface area contributed by atoms with Crippen molar-refractivity contribution in [3.05, 3.63) is 58.3 Å². The lowest BCUT2D eigenvalue weighted by molar-refractivity contribution is -0.138. The molecule has 0 fully saturated rings. The Kier molecular flexibility index (Phi) is 7.64. The fourth-order valence-corrected chi connectivity index (χ4v) is 3.61. The van der Waals surface area contributed by atoms with Crippen molar-refractivity contribution in [3.63, 3.8) is 0 Å². The molecule has 1 aromatic carbocycles. The second kappa shape index (κ2) is 9.57. The molecule has 5 heteroatoms. The first-order chi connectivity index (χ1) is 13.6. The number of pyridine rings is 1. The number of aromatic nitrogens is 1. The molecule has 29 heavy (non-hydrogen) atoms. The van der Waals surface area contributed by atoms with Gasteiger partial charge in [-0.25, -0.2) is 0 Å². The summed E-state index contributed by atoms with van der Waals surface area (Å²) in [5.74, 6) is -0.319. The Balaban J connectivity index is 2.75. The lowest BCUT2D eigenvalue weighted by Crippen LogP contribution is -2.16. The largest absolute Gasteiger partial charge is 0.416 e. The van der Waals surface area contributed by atoms with Gasteiger partial charge in [-0.2, -0.15) is 13.2 Å². The van der Waals surface area contributed by atoms with Gasteiger partial charge >= 0.3 is 6.18 Å². The van der Waals surface area contributed by atoms with E-state index in [0.29, 0.717) is 22.4 Å². The third-order valence-electron chi connectivity index (χ3n) is 4.98. The lowest BCUT2D eigenvalue weighted by Gasteiger charge is -2.26. The lowest BCUT2D eigenvalue weighted by atomic mass is 9.81. The highest BCUT2D eigenvalue weighted by Gasteiger charge is 2.37. The van der Waals surface area contributed by atoms with Gasteiger partial charge in [0.05, 0.1) is 17.9 Å². The maximum Gasteiger partial charge on any atom is 0.416 e. The van der Waals surface area contributed by atoms with E-state index in [0.717, 1.165) is 18.4 Å². The molecule has 0 radical (unpaired) electrons. The molecule has 0 spiro atoms. The number of aliphatic hydroxyl groups is 1. The summed E-state index contributed by atoms with van der Waals surface area (Å²) in [6, 6.07) is 4.97. The summed E-state index contributed by atoms with van der Waals surface area (Å²) >= 11 is 0. The average Bonchev–Trinajstić information content (AvgIpc) is 2.66. The number of aliphatic hydroxyl groups excluding tert-OH is 1. The number of hydrogen-bond donors (Lipinski definition) is 1. The third kappa shape index (κ3) is 5.27. The van der Waals surface area contributed by atoms with E-state index in [-0.39, 0.29) is 17.4 Å². The van der Waals surface area contributed by atoms with Crippen LogP contribution < -0.4 is 0 Å². The van der Waals surface area contributed by atoms with Crippen LogP contribution in [-0.4, -0.2) is 10.1 Å². The van der Waals surface area contributed by atoms with E-state index in [1.165, 1.54) is 6.07 Å². The first-order valence-electron chi connectivity index (χ1n) is 10.1. The smallest absolute Gasteiger partial charge is 0.392 e. The Morgan fingerprint density at radius 1 is 1.10 bits per heavy atom. The highest BCUT2D eigenvalue weighted by atomic mass is 19.4. The Labute approximate surface area is 171 Å². The maximum atomic E-state index is 13.7. The monoisotopic (exact) mass is 405 g/mol. The van der Waals surface area contributed by atoms with Crippen LogP contribution in [0.15, 0.2) is 30.5 Å². The maximum absolute atomic E-state index is 13.7. The molecular formula is C24H30F3NO. The van der Waals surface area contributed by atoms with Crippen LogP contribution in [0.25, 0.3) is 17.3 Å². The summed E-state index contributed by atoms with van der Waals surface area (Å²) in [6.45, 7) is 8.91. The molecule has 0 unspecified atom stereocenters. The summed E-state index contributed by atoms with van der Waals surface area (Å²) in [5.41, 5.74) is 2.60. The summed E-state index contributed by atoms with van der Waals surface area (Å²) < 4.78 is 41.2. The molecule has 2 rings (SSSR count). The second-order valence-electron chi connectivity index (χ2n) is 7.91. The van der Waals surface area contributed by atoms with Crippen molar-refractivity contribution in [1.82, 2.24) is 4.98 Å². The van der Waals surface area contributed by atoms with Gasteiger partial charge in [-0.3, -0.25) is 4.98 Å². The predicted molar refractivity (Wildman–Crippen MR) is 113 cm³/mol. The van der Waals surface area contributed by atoms with E-state index in [2.05, 4.69) is 18.0 Å². The molecule has 0 aliphatic rings. The minimum absolute atomic E-state index is 0.0550. The highest BCUT2D eigenvalue weighted by Crippen LogP contribution is 2.44. The number of hydrogen-bond acceptors (Lipinski definition) is 2. The molecular weight excluding hydrogens is 375 g/mol. The zero-order chi connectivity index (χ0) is 21.8. The van der Waals surface area contributed by atoms with Crippen LogP contribution in [0.2, 0.25) is 0 Å². The molecule has 2 nitrogen and oxygen atoms in total. The molecule has 2 aromatic rings. The Bertz CT molecular complexity index is 850. The van der Waals surface area contributed by atoms with Crippen molar-refractivity contribution >= 4 is 6.08 Å². The van der Waals surface area contributed by atoms with Gasteiger partial charge in [-0.05, 0) is 52.6 Å². The van der Waals surface area contributed by atoms with Crippen LogP contribution in [0.5, 0.6) is 0 Å². The third-order valence-corrected chi connectivity index (χ3v) is 4.98. The molecule has 158 valence electrons.